The van der Waals surface area contributed by atoms with Crippen molar-refractivity contribution < 1.29 is 26.4 Å². The van der Waals surface area contributed by atoms with Gasteiger partial charge >= 0.3 is 6.18 Å². The fourth-order valence-electron chi connectivity index (χ4n) is 2.74. The number of carbonyl (C=O) groups is 1. The van der Waals surface area contributed by atoms with E-state index in [-0.39, 0.29) is 29.4 Å². The smallest absolute Gasteiger partial charge is 0.343 e. The number of piperidine rings is 1. The molecule has 27 heavy (non-hydrogen) atoms. The molecule has 1 aromatic carbocycles. The summed E-state index contributed by atoms with van der Waals surface area (Å²) >= 11 is 0. The molecule has 1 heterocycles. The summed E-state index contributed by atoms with van der Waals surface area (Å²) < 4.78 is 63.6. The van der Waals surface area contributed by atoms with Crippen molar-refractivity contribution in [1.29, 1.82) is 0 Å². The molecular weight excluding hydrogens is 407 g/mol. The first-order chi connectivity index (χ1) is 12.2. The summed E-state index contributed by atoms with van der Waals surface area (Å²) in [7, 11) is -3.83. The van der Waals surface area contributed by atoms with E-state index in [2.05, 4.69) is 10.0 Å². The Hall–Kier alpha value is -1.36. The molecule has 0 aliphatic carbocycles. The molecule has 0 saturated carbocycles. The highest BCUT2D eigenvalue weighted by molar-refractivity contribution is 7.89. The minimum absolute atomic E-state index is 0. The molecule has 2 rings (SSSR count). The van der Waals surface area contributed by atoms with E-state index in [0.717, 1.165) is 32.0 Å². The summed E-state index contributed by atoms with van der Waals surface area (Å²) in [6.07, 6.45) is -1.73. The molecule has 0 bridgehead atoms. The quantitative estimate of drug-likeness (QED) is 0.619. The molecule has 1 unspecified atom stereocenters. The molecule has 1 aliphatic heterocycles. The molecule has 1 atom stereocenters. The Morgan fingerprint density at radius 3 is 2.67 bits per heavy atom. The van der Waals surface area contributed by atoms with Crippen molar-refractivity contribution >= 4 is 28.3 Å². The fourth-order valence-corrected chi connectivity index (χ4v) is 3.83. The molecule has 1 fully saturated rings. The van der Waals surface area contributed by atoms with Crippen LogP contribution in [0, 0.1) is 5.92 Å². The molecule has 11 heteroatoms. The van der Waals surface area contributed by atoms with Crippen LogP contribution in [0.3, 0.4) is 0 Å². The lowest BCUT2D eigenvalue weighted by Crippen LogP contribution is -2.34. The lowest BCUT2D eigenvalue weighted by atomic mass is 9.96. The number of benzene rings is 1. The van der Waals surface area contributed by atoms with Gasteiger partial charge in [0, 0.05) is 12.1 Å². The number of rotatable bonds is 7. The van der Waals surface area contributed by atoms with Crippen molar-refractivity contribution in [3.05, 3.63) is 29.8 Å². The summed E-state index contributed by atoms with van der Waals surface area (Å²) in [5, 5.41) is 4.97. The molecule has 1 aromatic rings. The first-order valence-electron chi connectivity index (χ1n) is 8.33. The third-order valence-electron chi connectivity index (χ3n) is 4.10. The molecule has 1 saturated heterocycles. The predicted octanol–water partition coefficient (Wildman–Crippen LogP) is 2.07. The van der Waals surface area contributed by atoms with E-state index in [4.69, 9.17) is 0 Å². The summed E-state index contributed by atoms with van der Waals surface area (Å²) in [6.45, 7) is 0.623. The van der Waals surface area contributed by atoms with Crippen LogP contribution in [0.4, 0.5) is 13.2 Å². The average Bonchev–Trinajstić information content (AvgIpc) is 2.60. The highest BCUT2D eigenvalue weighted by Gasteiger charge is 2.28. The molecule has 6 nitrogen and oxygen atoms in total. The Kier molecular flexibility index (Phi) is 9.00. The van der Waals surface area contributed by atoms with Gasteiger partial charge in [0.05, 0.1) is 4.90 Å². The predicted molar refractivity (Wildman–Crippen MR) is 97.5 cm³/mol. The summed E-state index contributed by atoms with van der Waals surface area (Å²) in [5.74, 6) is -0.571. The molecule has 0 radical (unpaired) electrons. The minimum atomic E-state index is -4.53. The van der Waals surface area contributed by atoms with Crippen molar-refractivity contribution in [3.8, 4) is 0 Å². The van der Waals surface area contributed by atoms with Crippen molar-refractivity contribution in [3.63, 3.8) is 0 Å². The van der Waals surface area contributed by atoms with Crippen molar-refractivity contribution in [2.24, 2.45) is 5.92 Å². The monoisotopic (exact) mass is 429 g/mol. The second-order valence-corrected chi connectivity index (χ2v) is 7.99. The lowest BCUT2D eigenvalue weighted by molar-refractivity contribution is -0.123. The lowest BCUT2D eigenvalue weighted by Gasteiger charge is -2.22. The van der Waals surface area contributed by atoms with Crippen LogP contribution in [-0.4, -0.2) is 46.7 Å². The average molecular weight is 430 g/mol. The van der Waals surface area contributed by atoms with Crippen LogP contribution in [-0.2, 0) is 10.0 Å². The number of carbonyl (C=O) groups excluding carboxylic acids is 1. The van der Waals surface area contributed by atoms with E-state index in [1.165, 1.54) is 18.2 Å². The third-order valence-corrected chi connectivity index (χ3v) is 5.56. The van der Waals surface area contributed by atoms with E-state index in [9.17, 15) is 26.4 Å². The number of amides is 1. The maximum atomic E-state index is 12.3. The van der Waals surface area contributed by atoms with E-state index >= 15 is 0 Å². The van der Waals surface area contributed by atoms with E-state index in [0.29, 0.717) is 12.3 Å². The third kappa shape index (κ3) is 8.04. The zero-order chi connectivity index (χ0) is 19.2. The molecular formula is C16H23ClF3N3O3S. The Bertz CT molecular complexity index is 723. The Labute approximate surface area is 162 Å². The number of alkyl halides is 3. The fraction of sp³-hybridized carbons (Fsp3) is 0.562. The molecule has 0 spiro atoms. The number of hydrogen-bond donors (Lipinski definition) is 3. The van der Waals surface area contributed by atoms with Crippen LogP contribution in [0.1, 0.15) is 29.6 Å². The standard InChI is InChI=1S/C16H22F3N3O3S.ClH/c17-16(18,19)11-21-15(23)13-4-1-5-14(9-13)26(24,25)22-8-6-12-3-2-7-20-10-12;/h1,4-5,9,12,20,22H,2-3,6-8,10-11H2,(H,21,23);1H. The van der Waals surface area contributed by atoms with Gasteiger partial charge in [-0.3, -0.25) is 4.79 Å². The van der Waals surface area contributed by atoms with Gasteiger partial charge in [-0.15, -0.1) is 12.4 Å². The van der Waals surface area contributed by atoms with Crippen LogP contribution in [0.5, 0.6) is 0 Å². The second-order valence-electron chi connectivity index (χ2n) is 6.22. The van der Waals surface area contributed by atoms with Gasteiger partial charge in [0.2, 0.25) is 10.0 Å². The summed E-state index contributed by atoms with van der Waals surface area (Å²) in [4.78, 5) is 11.6. The zero-order valence-electron chi connectivity index (χ0n) is 14.5. The number of halogens is 4. The molecule has 154 valence electrons. The van der Waals surface area contributed by atoms with E-state index in [1.807, 2.05) is 0 Å². The molecule has 1 aliphatic rings. The van der Waals surface area contributed by atoms with E-state index < -0.39 is 28.7 Å². The van der Waals surface area contributed by atoms with Gasteiger partial charge in [-0.25, -0.2) is 13.1 Å². The first-order valence-corrected chi connectivity index (χ1v) is 9.81. The second kappa shape index (κ2) is 10.3. The number of sulfonamides is 1. The summed E-state index contributed by atoms with van der Waals surface area (Å²) in [5.41, 5.74) is -0.145. The van der Waals surface area contributed by atoms with Gasteiger partial charge in [-0.1, -0.05) is 6.07 Å². The minimum Gasteiger partial charge on any atom is -0.343 e. The number of hydrogen-bond acceptors (Lipinski definition) is 4. The van der Waals surface area contributed by atoms with Crippen LogP contribution >= 0.6 is 12.4 Å². The highest BCUT2D eigenvalue weighted by Crippen LogP contribution is 2.16. The van der Waals surface area contributed by atoms with Crippen LogP contribution in [0.15, 0.2) is 29.2 Å². The molecule has 3 N–H and O–H groups in total. The maximum absolute atomic E-state index is 12.3. The first kappa shape index (κ1) is 23.7. The summed E-state index contributed by atoms with van der Waals surface area (Å²) in [6, 6.07) is 4.95. The number of nitrogens with one attached hydrogen (secondary N) is 3. The van der Waals surface area contributed by atoms with Gasteiger partial charge in [0.25, 0.3) is 5.91 Å². The van der Waals surface area contributed by atoms with Crippen LogP contribution in [0.2, 0.25) is 0 Å². The Morgan fingerprint density at radius 1 is 1.30 bits per heavy atom. The van der Waals surface area contributed by atoms with Crippen molar-refractivity contribution in [2.45, 2.75) is 30.3 Å². The van der Waals surface area contributed by atoms with Gasteiger partial charge < -0.3 is 10.6 Å². The normalized spacial score (nSPS) is 17.8. The highest BCUT2D eigenvalue weighted by atomic mass is 35.5. The zero-order valence-corrected chi connectivity index (χ0v) is 16.1. The van der Waals surface area contributed by atoms with Gasteiger partial charge in [-0.05, 0) is 56.5 Å². The van der Waals surface area contributed by atoms with E-state index in [1.54, 1.807) is 5.32 Å². The topological polar surface area (TPSA) is 87.3 Å². The molecule has 0 aromatic heterocycles. The molecule has 1 amide bonds. The maximum Gasteiger partial charge on any atom is 0.405 e. The van der Waals surface area contributed by atoms with Crippen molar-refractivity contribution in [1.82, 2.24) is 15.4 Å². The van der Waals surface area contributed by atoms with Gasteiger partial charge in [0.1, 0.15) is 6.54 Å². The SMILES string of the molecule is Cl.O=C(NCC(F)(F)F)c1cccc(S(=O)(=O)NCCC2CCCNC2)c1. The Balaban J connectivity index is 0.00000364. The van der Waals surface area contributed by atoms with Crippen LogP contribution < -0.4 is 15.4 Å². The largest absolute Gasteiger partial charge is 0.405 e. The van der Waals surface area contributed by atoms with Crippen molar-refractivity contribution in [2.75, 3.05) is 26.2 Å². The Morgan fingerprint density at radius 2 is 2.04 bits per heavy atom. The van der Waals surface area contributed by atoms with Gasteiger partial charge in [0.15, 0.2) is 0 Å². The van der Waals surface area contributed by atoms with Crippen LogP contribution in [0.25, 0.3) is 0 Å². The van der Waals surface area contributed by atoms with Gasteiger partial charge in [-0.2, -0.15) is 13.2 Å².